The summed E-state index contributed by atoms with van der Waals surface area (Å²) in [6.45, 7) is 2.99. The van der Waals surface area contributed by atoms with Gasteiger partial charge in [0.05, 0.1) is 0 Å². The number of likely N-dealkylation sites (tertiary alicyclic amines) is 1. The molecule has 0 aromatic heterocycles. The van der Waals surface area contributed by atoms with Crippen LogP contribution in [0.15, 0.2) is 54.6 Å². The van der Waals surface area contributed by atoms with Gasteiger partial charge in [-0.2, -0.15) is 0 Å². The van der Waals surface area contributed by atoms with Gasteiger partial charge in [-0.1, -0.05) is 43.0 Å². The third-order valence-corrected chi connectivity index (χ3v) is 4.60. The van der Waals surface area contributed by atoms with Crippen LogP contribution in [0.1, 0.15) is 43.7 Å². The van der Waals surface area contributed by atoms with Crippen LogP contribution in [0.3, 0.4) is 0 Å². The molecule has 2 aromatic rings. The molecule has 0 spiro atoms. The molecule has 0 bridgehead atoms. The summed E-state index contributed by atoms with van der Waals surface area (Å²) in [6, 6.07) is 18.0. The molecule has 3 heteroatoms. The van der Waals surface area contributed by atoms with Crippen molar-refractivity contribution in [3.63, 3.8) is 0 Å². The van der Waals surface area contributed by atoms with Crippen LogP contribution < -0.4 is 5.32 Å². The molecular weight excluding hydrogens is 308 g/mol. The second-order valence-electron chi connectivity index (χ2n) is 6.38. The minimum atomic E-state index is -0.000261. The van der Waals surface area contributed by atoms with E-state index in [4.69, 9.17) is 0 Å². The Morgan fingerprint density at radius 1 is 1.08 bits per heavy atom. The van der Waals surface area contributed by atoms with Crippen LogP contribution in [-0.4, -0.2) is 23.5 Å². The first-order valence-electron chi connectivity index (χ1n) is 9.01. The molecule has 0 aliphatic carbocycles. The molecule has 0 saturated carbocycles. The van der Waals surface area contributed by atoms with E-state index >= 15 is 0 Å². The number of nitrogens with one attached hydrogen (secondary N) is 1. The fraction of sp³-hybridized carbons (Fsp3) is 0.318. The normalized spacial score (nSPS) is 16.7. The number of piperidine rings is 1. The maximum atomic E-state index is 12.6. The fourth-order valence-corrected chi connectivity index (χ4v) is 3.23. The van der Waals surface area contributed by atoms with Gasteiger partial charge < -0.3 is 10.2 Å². The summed E-state index contributed by atoms with van der Waals surface area (Å²) < 4.78 is 0. The highest BCUT2D eigenvalue weighted by Gasteiger charge is 2.25. The van der Waals surface area contributed by atoms with E-state index in [2.05, 4.69) is 24.1 Å². The van der Waals surface area contributed by atoms with Gasteiger partial charge in [0.2, 0.25) is 0 Å². The average Bonchev–Trinajstić information content (AvgIpc) is 2.67. The van der Waals surface area contributed by atoms with Crippen molar-refractivity contribution in [1.29, 1.82) is 0 Å². The second-order valence-corrected chi connectivity index (χ2v) is 6.38. The summed E-state index contributed by atoms with van der Waals surface area (Å²) in [6.07, 6.45) is 4.42. The topological polar surface area (TPSA) is 32.3 Å². The van der Waals surface area contributed by atoms with Crippen LogP contribution in [-0.2, 0) is 0 Å². The van der Waals surface area contributed by atoms with Crippen molar-refractivity contribution >= 4 is 11.7 Å². The van der Waals surface area contributed by atoms with Gasteiger partial charge in [0.15, 0.2) is 0 Å². The van der Waals surface area contributed by atoms with Crippen LogP contribution in [0.25, 0.3) is 0 Å². The maximum Gasteiger partial charge on any atom is 0.322 e. The summed E-state index contributed by atoms with van der Waals surface area (Å²) in [4.78, 5) is 14.6. The van der Waals surface area contributed by atoms with Gasteiger partial charge in [0.25, 0.3) is 0 Å². The number of carbonyl (C=O) groups is 1. The standard InChI is InChI=1S/C22H24N2O/c1-2-21-13-6-7-16-24(21)22(25)23-20-12-8-11-19(17-20)15-14-18-9-4-3-5-10-18/h3-5,8-12,17,21H,2,6-7,13,16H2,1H3,(H,23,25). The number of urea groups is 1. The molecule has 1 saturated heterocycles. The van der Waals surface area contributed by atoms with Crippen LogP contribution in [0.2, 0.25) is 0 Å². The van der Waals surface area contributed by atoms with Gasteiger partial charge in [-0.3, -0.25) is 0 Å². The lowest BCUT2D eigenvalue weighted by Crippen LogP contribution is -2.45. The third kappa shape index (κ3) is 4.64. The molecule has 2 amide bonds. The van der Waals surface area contributed by atoms with Crippen molar-refractivity contribution in [3.05, 3.63) is 65.7 Å². The highest BCUT2D eigenvalue weighted by atomic mass is 16.2. The quantitative estimate of drug-likeness (QED) is 0.781. The number of anilines is 1. The molecule has 3 nitrogen and oxygen atoms in total. The zero-order valence-corrected chi connectivity index (χ0v) is 14.7. The highest BCUT2D eigenvalue weighted by Crippen LogP contribution is 2.21. The summed E-state index contributed by atoms with van der Waals surface area (Å²) in [5.74, 6) is 6.31. The Morgan fingerprint density at radius 2 is 1.84 bits per heavy atom. The third-order valence-electron chi connectivity index (χ3n) is 4.60. The monoisotopic (exact) mass is 332 g/mol. The molecule has 3 rings (SSSR count). The van der Waals surface area contributed by atoms with Gasteiger partial charge in [-0.25, -0.2) is 4.79 Å². The number of nitrogens with zero attached hydrogens (tertiary/aromatic N) is 1. The Hall–Kier alpha value is -2.73. The van der Waals surface area contributed by atoms with E-state index < -0.39 is 0 Å². The molecule has 25 heavy (non-hydrogen) atoms. The Bertz CT molecular complexity index is 773. The first kappa shape index (κ1) is 17.1. The molecule has 1 aliphatic heterocycles. The number of rotatable bonds is 2. The summed E-state index contributed by atoms with van der Waals surface area (Å²) in [7, 11) is 0. The zero-order chi connectivity index (χ0) is 17.5. The SMILES string of the molecule is CCC1CCCCN1C(=O)Nc1cccc(C#Cc2ccccc2)c1. The lowest BCUT2D eigenvalue weighted by Gasteiger charge is -2.35. The summed E-state index contributed by atoms with van der Waals surface area (Å²) in [5, 5.41) is 3.03. The molecule has 2 aromatic carbocycles. The van der Waals surface area contributed by atoms with Crippen molar-refractivity contribution in [2.24, 2.45) is 0 Å². The van der Waals surface area contributed by atoms with E-state index in [1.807, 2.05) is 59.5 Å². The predicted molar refractivity (Wildman–Crippen MR) is 103 cm³/mol. The van der Waals surface area contributed by atoms with Gasteiger partial charge in [0, 0.05) is 29.4 Å². The van der Waals surface area contributed by atoms with E-state index in [0.717, 1.165) is 42.6 Å². The van der Waals surface area contributed by atoms with Crippen LogP contribution in [0, 0.1) is 11.8 Å². The van der Waals surface area contributed by atoms with Crippen molar-refractivity contribution in [2.45, 2.75) is 38.6 Å². The van der Waals surface area contributed by atoms with E-state index in [-0.39, 0.29) is 6.03 Å². The number of benzene rings is 2. The number of carbonyl (C=O) groups excluding carboxylic acids is 1. The number of hydrogen-bond acceptors (Lipinski definition) is 1. The summed E-state index contributed by atoms with van der Waals surface area (Å²) >= 11 is 0. The molecule has 0 radical (unpaired) electrons. The van der Waals surface area contributed by atoms with Crippen LogP contribution in [0.4, 0.5) is 10.5 Å². The Labute approximate surface area is 150 Å². The largest absolute Gasteiger partial charge is 0.322 e. The van der Waals surface area contributed by atoms with E-state index in [0.29, 0.717) is 6.04 Å². The molecule has 1 atom stereocenters. The maximum absolute atomic E-state index is 12.6. The van der Waals surface area contributed by atoms with Gasteiger partial charge in [-0.15, -0.1) is 0 Å². The summed E-state index contributed by atoms with van der Waals surface area (Å²) in [5.41, 5.74) is 2.67. The lowest BCUT2D eigenvalue weighted by atomic mass is 10.0. The average molecular weight is 332 g/mol. The van der Waals surface area contributed by atoms with Gasteiger partial charge in [0.1, 0.15) is 0 Å². The first-order valence-corrected chi connectivity index (χ1v) is 9.01. The Balaban J connectivity index is 1.69. The zero-order valence-electron chi connectivity index (χ0n) is 14.7. The van der Waals surface area contributed by atoms with Gasteiger partial charge in [-0.05, 0) is 56.0 Å². The van der Waals surface area contributed by atoms with E-state index in [1.54, 1.807) is 0 Å². The van der Waals surface area contributed by atoms with Gasteiger partial charge >= 0.3 is 6.03 Å². The number of amides is 2. The molecule has 1 N–H and O–H groups in total. The Kier molecular flexibility index (Phi) is 5.74. The minimum absolute atomic E-state index is 0.000261. The molecular formula is C22H24N2O. The predicted octanol–water partition coefficient (Wildman–Crippen LogP) is 4.88. The minimum Gasteiger partial charge on any atom is -0.322 e. The molecule has 1 aliphatic rings. The smallest absolute Gasteiger partial charge is 0.322 e. The molecule has 1 fully saturated rings. The lowest BCUT2D eigenvalue weighted by molar-refractivity contribution is 0.160. The number of hydrogen-bond donors (Lipinski definition) is 1. The van der Waals surface area contributed by atoms with Crippen molar-refractivity contribution < 1.29 is 4.79 Å². The van der Waals surface area contributed by atoms with Crippen molar-refractivity contribution in [1.82, 2.24) is 4.90 Å². The van der Waals surface area contributed by atoms with Crippen LogP contribution >= 0.6 is 0 Å². The molecule has 1 heterocycles. The molecule has 1 unspecified atom stereocenters. The highest BCUT2D eigenvalue weighted by molar-refractivity contribution is 5.89. The van der Waals surface area contributed by atoms with Crippen molar-refractivity contribution in [3.8, 4) is 11.8 Å². The fourth-order valence-electron chi connectivity index (χ4n) is 3.23. The van der Waals surface area contributed by atoms with Crippen LogP contribution in [0.5, 0.6) is 0 Å². The van der Waals surface area contributed by atoms with E-state index in [9.17, 15) is 4.79 Å². The Morgan fingerprint density at radius 3 is 2.64 bits per heavy atom. The van der Waals surface area contributed by atoms with Crippen molar-refractivity contribution in [2.75, 3.05) is 11.9 Å². The second kappa shape index (κ2) is 8.39. The first-order chi connectivity index (χ1) is 12.3. The van der Waals surface area contributed by atoms with E-state index in [1.165, 1.54) is 6.42 Å². The molecule has 128 valence electrons.